The summed E-state index contributed by atoms with van der Waals surface area (Å²) in [6.07, 6.45) is -0.0559. The molecular formula is C22H31FN2O4. The summed E-state index contributed by atoms with van der Waals surface area (Å²) in [6.45, 7) is 11.5. The van der Waals surface area contributed by atoms with Crippen molar-refractivity contribution >= 4 is 6.09 Å². The van der Waals surface area contributed by atoms with Gasteiger partial charge in [0, 0.05) is 18.6 Å². The van der Waals surface area contributed by atoms with Gasteiger partial charge in [-0.2, -0.15) is 0 Å². The molecule has 2 saturated heterocycles. The SMILES string of the molecule is CC(C)(COc1ccccc1F)NC1OC1[C@H]1C2CN(C(=O)OC(C)(C)C)C[C@@H]21. The Balaban J connectivity index is 1.21. The lowest BCUT2D eigenvalue weighted by Gasteiger charge is -2.26. The maximum atomic E-state index is 13.7. The maximum absolute atomic E-state index is 13.7. The topological polar surface area (TPSA) is 63.3 Å². The highest BCUT2D eigenvalue weighted by Crippen LogP contribution is 2.58. The Kier molecular flexibility index (Phi) is 5.02. The number of para-hydroxylation sites is 1. The number of carbonyl (C=O) groups is 1. The number of nitrogens with zero attached hydrogens (tertiary/aromatic N) is 1. The fraction of sp³-hybridized carbons (Fsp3) is 0.682. The Labute approximate surface area is 171 Å². The van der Waals surface area contributed by atoms with E-state index in [1.165, 1.54) is 6.07 Å². The number of rotatable bonds is 6. The summed E-state index contributed by atoms with van der Waals surface area (Å²) >= 11 is 0. The second-order valence-electron chi connectivity index (χ2n) is 10.1. The lowest BCUT2D eigenvalue weighted by Crippen LogP contribution is -2.47. The molecule has 0 spiro atoms. The van der Waals surface area contributed by atoms with Gasteiger partial charge in [-0.25, -0.2) is 9.18 Å². The summed E-state index contributed by atoms with van der Waals surface area (Å²) < 4.78 is 30.7. The first-order valence-corrected chi connectivity index (χ1v) is 10.3. The average Bonchev–Trinajstić information content (AvgIpc) is 3.45. The number of carbonyl (C=O) groups excluding carboxylic acids is 1. The van der Waals surface area contributed by atoms with Crippen molar-refractivity contribution < 1.29 is 23.4 Å². The van der Waals surface area contributed by atoms with Crippen LogP contribution in [0.4, 0.5) is 9.18 Å². The molecule has 1 N–H and O–H groups in total. The van der Waals surface area contributed by atoms with E-state index in [-0.39, 0.29) is 35.5 Å². The number of halogens is 1. The second-order valence-corrected chi connectivity index (χ2v) is 10.1. The highest BCUT2D eigenvalue weighted by Gasteiger charge is 2.66. The minimum Gasteiger partial charge on any atom is -0.489 e. The van der Waals surface area contributed by atoms with Gasteiger partial charge in [-0.15, -0.1) is 0 Å². The van der Waals surface area contributed by atoms with Crippen LogP contribution in [0.2, 0.25) is 0 Å². The zero-order chi connectivity index (χ0) is 21.0. The molecule has 1 aromatic carbocycles. The maximum Gasteiger partial charge on any atom is 0.410 e. The minimum atomic E-state index is -0.464. The van der Waals surface area contributed by atoms with Crippen LogP contribution in [-0.4, -0.2) is 54.2 Å². The molecule has 4 rings (SSSR count). The number of fused-ring (bicyclic) bond motifs is 1. The second kappa shape index (κ2) is 7.13. The predicted octanol–water partition coefficient (Wildman–Crippen LogP) is 3.41. The standard InChI is InChI=1S/C22H31FN2O4/c1-21(2,3)29-20(26)25-10-13-14(11-25)17(13)18-19(28-18)24-22(4,5)12-27-16-9-7-6-8-15(16)23/h6-9,13-14,17-19,24H,10-12H2,1-5H3/t13-,14?,17+,18?,19?/m0/s1. The van der Waals surface area contributed by atoms with Gasteiger partial charge in [-0.1, -0.05) is 12.1 Å². The van der Waals surface area contributed by atoms with Crippen LogP contribution in [0.25, 0.3) is 0 Å². The molecule has 3 aliphatic rings. The monoisotopic (exact) mass is 406 g/mol. The van der Waals surface area contributed by atoms with Crippen LogP contribution < -0.4 is 10.1 Å². The zero-order valence-corrected chi connectivity index (χ0v) is 17.8. The molecule has 1 amide bonds. The van der Waals surface area contributed by atoms with Gasteiger partial charge in [0.25, 0.3) is 0 Å². The van der Waals surface area contributed by atoms with E-state index < -0.39 is 5.60 Å². The van der Waals surface area contributed by atoms with E-state index in [4.69, 9.17) is 14.2 Å². The molecule has 1 aromatic rings. The molecule has 3 fully saturated rings. The van der Waals surface area contributed by atoms with Crippen molar-refractivity contribution in [3.63, 3.8) is 0 Å². The van der Waals surface area contributed by atoms with Crippen LogP contribution >= 0.6 is 0 Å². The summed E-state index contributed by atoms with van der Waals surface area (Å²) in [4.78, 5) is 14.0. The van der Waals surface area contributed by atoms with Crippen molar-refractivity contribution in [2.24, 2.45) is 17.8 Å². The molecule has 3 unspecified atom stereocenters. The van der Waals surface area contributed by atoms with Crippen LogP contribution in [-0.2, 0) is 9.47 Å². The van der Waals surface area contributed by atoms with Gasteiger partial charge < -0.3 is 19.1 Å². The molecule has 0 radical (unpaired) electrons. The number of likely N-dealkylation sites (tertiary alicyclic amines) is 1. The van der Waals surface area contributed by atoms with Gasteiger partial charge in [0.1, 0.15) is 24.5 Å². The van der Waals surface area contributed by atoms with E-state index in [1.54, 1.807) is 18.2 Å². The Bertz CT molecular complexity index is 766. The van der Waals surface area contributed by atoms with E-state index in [9.17, 15) is 9.18 Å². The van der Waals surface area contributed by atoms with E-state index in [1.807, 2.05) is 39.5 Å². The van der Waals surface area contributed by atoms with Crippen LogP contribution in [0.5, 0.6) is 5.75 Å². The number of benzene rings is 1. The third-order valence-electron chi connectivity index (χ3n) is 5.77. The molecule has 6 nitrogen and oxygen atoms in total. The number of amides is 1. The molecular weight excluding hydrogens is 375 g/mol. The predicted molar refractivity (Wildman–Crippen MR) is 106 cm³/mol. The number of epoxide rings is 1. The van der Waals surface area contributed by atoms with Gasteiger partial charge in [-0.3, -0.25) is 5.32 Å². The lowest BCUT2D eigenvalue weighted by molar-refractivity contribution is 0.0263. The normalized spacial score (nSPS) is 30.7. The van der Waals surface area contributed by atoms with E-state index >= 15 is 0 Å². The van der Waals surface area contributed by atoms with E-state index in [2.05, 4.69) is 5.32 Å². The molecule has 2 aliphatic heterocycles. The van der Waals surface area contributed by atoms with Gasteiger partial charge in [-0.05, 0) is 64.5 Å². The smallest absolute Gasteiger partial charge is 0.410 e. The van der Waals surface area contributed by atoms with Crippen molar-refractivity contribution in [3.8, 4) is 5.75 Å². The highest BCUT2D eigenvalue weighted by atomic mass is 19.1. The lowest BCUT2D eigenvalue weighted by atomic mass is 10.1. The number of hydrogen-bond donors (Lipinski definition) is 1. The van der Waals surface area contributed by atoms with Gasteiger partial charge in [0.15, 0.2) is 11.6 Å². The molecule has 2 heterocycles. The molecule has 29 heavy (non-hydrogen) atoms. The van der Waals surface area contributed by atoms with Gasteiger partial charge in [0.2, 0.25) is 0 Å². The fourth-order valence-electron chi connectivity index (χ4n) is 4.31. The van der Waals surface area contributed by atoms with E-state index in [0.717, 1.165) is 13.1 Å². The minimum absolute atomic E-state index is 0.0141. The average molecular weight is 406 g/mol. The largest absolute Gasteiger partial charge is 0.489 e. The quantitative estimate of drug-likeness (QED) is 0.734. The molecule has 160 valence electrons. The van der Waals surface area contributed by atoms with Crippen LogP contribution in [0.3, 0.4) is 0 Å². The van der Waals surface area contributed by atoms with Crippen LogP contribution in [0.15, 0.2) is 24.3 Å². The Morgan fingerprint density at radius 1 is 1.21 bits per heavy atom. The van der Waals surface area contributed by atoms with Crippen molar-refractivity contribution in [2.75, 3.05) is 19.7 Å². The van der Waals surface area contributed by atoms with Crippen molar-refractivity contribution in [2.45, 2.75) is 58.1 Å². The number of hydrogen-bond acceptors (Lipinski definition) is 5. The summed E-state index contributed by atoms with van der Waals surface area (Å²) in [6, 6.07) is 6.42. The van der Waals surface area contributed by atoms with Crippen molar-refractivity contribution in [1.29, 1.82) is 0 Å². The summed E-state index contributed by atoms with van der Waals surface area (Å²) in [5.41, 5.74) is -0.817. The first-order valence-electron chi connectivity index (χ1n) is 10.3. The summed E-state index contributed by atoms with van der Waals surface area (Å²) in [5.74, 6) is 1.39. The van der Waals surface area contributed by atoms with Gasteiger partial charge in [0.05, 0.1) is 0 Å². The third kappa shape index (κ3) is 4.67. The zero-order valence-electron chi connectivity index (χ0n) is 17.8. The number of piperidine rings is 1. The molecule has 0 bridgehead atoms. The van der Waals surface area contributed by atoms with Crippen molar-refractivity contribution in [3.05, 3.63) is 30.1 Å². The summed E-state index contributed by atoms with van der Waals surface area (Å²) in [7, 11) is 0. The molecule has 1 aliphatic carbocycles. The van der Waals surface area contributed by atoms with Crippen LogP contribution in [0, 0.1) is 23.6 Å². The van der Waals surface area contributed by atoms with Crippen molar-refractivity contribution in [1.82, 2.24) is 10.2 Å². The summed E-state index contributed by atoms with van der Waals surface area (Å²) in [5, 5.41) is 3.47. The number of ether oxygens (including phenoxy) is 3. The highest BCUT2D eigenvalue weighted by molar-refractivity contribution is 5.69. The number of nitrogens with one attached hydrogen (secondary N) is 1. The van der Waals surface area contributed by atoms with E-state index in [0.29, 0.717) is 24.4 Å². The fourth-order valence-corrected chi connectivity index (χ4v) is 4.31. The first-order chi connectivity index (χ1) is 13.5. The molecule has 7 heteroatoms. The molecule has 5 atom stereocenters. The molecule has 1 saturated carbocycles. The van der Waals surface area contributed by atoms with Crippen LogP contribution in [0.1, 0.15) is 34.6 Å². The van der Waals surface area contributed by atoms with Gasteiger partial charge >= 0.3 is 6.09 Å². The molecule has 0 aromatic heterocycles. The Hall–Kier alpha value is -1.86. The first kappa shape index (κ1) is 20.4. The third-order valence-corrected chi connectivity index (χ3v) is 5.77. The Morgan fingerprint density at radius 2 is 1.86 bits per heavy atom. The Morgan fingerprint density at radius 3 is 2.48 bits per heavy atom.